The van der Waals surface area contributed by atoms with E-state index in [1.54, 1.807) is 0 Å². The third-order valence-corrected chi connectivity index (χ3v) is 2.20. The van der Waals surface area contributed by atoms with Crippen molar-refractivity contribution in [2.75, 3.05) is 0 Å². The van der Waals surface area contributed by atoms with Crippen LogP contribution < -0.4 is 0 Å². The van der Waals surface area contributed by atoms with Crippen molar-refractivity contribution >= 4 is 28.1 Å². The maximum Gasteiger partial charge on any atom is 0.314 e. The predicted molar refractivity (Wildman–Crippen MR) is 54.8 cm³/mol. The largest absolute Gasteiger partial charge is 0.348 e. The molecule has 0 aliphatic heterocycles. The van der Waals surface area contributed by atoms with Crippen molar-refractivity contribution in [3.63, 3.8) is 0 Å². The highest BCUT2D eigenvalue weighted by atomic mass is 79.9. The average Bonchev–Trinajstić information content (AvgIpc) is 2.52. The molecule has 0 aliphatic carbocycles. The molecule has 1 N–H and O–H groups in total. The maximum atomic E-state index is 4.82. The second kappa shape index (κ2) is 3.43. The summed E-state index contributed by atoms with van der Waals surface area (Å²) >= 11 is 8.11. The molecule has 1 aromatic heterocycles. The van der Waals surface area contributed by atoms with Gasteiger partial charge in [0.2, 0.25) is 0 Å². The van der Waals surface area contributed by atoms with Crippen molar-refractivity contribution in [1.29, 1.82) is 0 Å². The van der Waals surface area contributed by atoms with Gasteiger partial charge in [0, 0.05) is 10.0 Å². The fourth-order valence-electron chi connectivity index (χ4n) is 0.988. The van der Waals surface area contributed by atoms with Crippen molar-refractivity contribution in [3.05, 3.63) is 33.6 Å². The third-order valence-electron chi connectivity index (χ3n) is 1.54. The molecule has 5 heteroatoms. The molecule has 0 saturated heterocycles. The predicted octanol–water partition coefficient (Wildman–Crippen LogP) is 3.16. The van der Waals surface area contributed by atoms with Crippen LogP contribution in [0.25, 0.3) is 11.4 Å². The molecule has 1 aromatic carbocycles. The third kappa shape index (κ3) is 1.87. The van der Waals surface area contributed by atoms with Crippen LogP contribution in [0.2, 0.25) is 0 Å². The van der Waals surface area contributed by atoms with Crippen LogP contribution in [-0.4, -0.2) is 10.1 Å². The molecule has 13 heavy (non-hydrogen) atoms. The minimum Gasteiger partial charge on any atom is -0.348 e. The van der Waals surface area contributed by atoms with Crippen LogP contribution in [0.15, 0.2) is 33.3 Å². The summed E-state index contributed by atoms with van der Waals surface area (Å²) in [4.78, 5) is 4.21. The Kier molecular flexibility index (Phi) is 2.28. The molecule has 0 atom stereocenters. The Hall–Kier alpha value is -0.940. The number of rotatable bonds is 1. The van der Waals surface area contributed by atoms with E-state index in [4.69, 9.17) is 16.7 Å². The monoisotopic (exact) mass is 256 g/mol. The molecule has 0 radical (unpaired) electrons. The maximum absolute atomic E-state index is 4.82. The van der Waals surface area contributed by atoms with Gasteiger partial charge in [0.25, 0.3) is 0 Å². The Morgan fingerprint density at radius 2 is 2.31 bits per heavy atom. The van der Waals surface area contributed by atoms with E-state index in [9.17, 15) is 0 Å². The number of nitrogens with zero attached hydrogens (tertiary/aromatic N) is 1. The van der Waals surface area contributed by atoms with Gasteiger partial charge < -0.3 is 4.52 Å². The van der Waals surface area contributed by atoms with E-state index in [0.29, 0.717) is 5.82 Å². The van der Waals surface area contributed by atoms with E-state index < -0.39 is 0 Å². The average molecular weight is 257 g/mol. The number of nitrogens with one attached hydrogen (secondary N) is 1. The molecule has 2 aromatic rings. The van der Waals surface area contributed by atoms with Gasteiger partial charge in [-0.15, -0.1) is 0 Å². The molecule has 0 aliphatic rings. The molecule has 66 valence electrons. The summed E-state index contributed by atoms with van der Waals surface area (Å²) in [7, 11) is 0. The van der Waals surface area contributed by atoms with Crippen LogP contribution >= 0.6 is 28.1 Å². The first-order chi connectivity index (χ1) is 6.25. The molecule has 0 spiro atoms. The highest BCUT2D eigenvalue weighted by Gasteiger charge is 2.01. The van der Waals surface area contributed by atoms with E-state index >= 15 is 0 Å². The number of aromatic nitrogens is 2. The standard InChI is InChI=1S/C8H5BrN2OS/c9-6-3-1-2-5(4-6)7-10-8(13)12-11-7/h1-4H,(H,10,11,13). The summed E-state index contributed by atoms with van der Waals surface area (Å²) in [5.74, 6) is 0.645. The highest BCUT2D eigenvalue weighted by molar-refractivity contribution is 9.10. The summed E-state index contributed by atoms with van der Waals surface area (Å²) in [6.07, 6.45) is 0. The smallest absolute Gasteiger partial charge is 0.314 e. The number of hydrogen-bond acceptors (Lipinski definition) is 3. The lowest BCUT2D eigenvalue weighted by atomic mass is 10.2. The quantitative estimate of drug-likeness (QED) is 0.798. The second-order valence-electron chi connectivity index (χ2n) is 2.44. The Morgan fingerprint density at radius 1 is 1.46 bits per heavy atom. The van der Waals surface area contributed by atoms with E-state index in [1.807, 2.05) is 24.3 Å². The molecule has 0 bridgehead atoms. The Labute approximate surface area is 87.9 Å². The van der Waals surface area contributed by atoms with Gasteiger partial charge in [-0.3, -0.25) is 0 Å². The fraction of sp³-hybridized carbons (Fsp3) is 0. The number of hydrogen-bond donors (Lipinski definition) is 1. The number of benzene rings is 1. The molecular formula is C8H5BrN2OS. The fourth-order valence-corrected chi connectivity index (χ4v) is 1.52. The summed E-state index contributed by atoms with van der Waals surface area (Å²) in [5, 5.41) is 2.64. The second-order valence-corrected chi connectivity index (χ2v) is 3.71. The van der Waals surface area contributed by atoms with Gasteiger partial charge in [0.05, 0.1) is 0 Å². The van der Waals surface area contributed by atoms with Crippen LogP contribution in [0.4, 0.5) is 0 Å². The Bertz CT molecular complexity index is 477. The van der Waals surface area contributed by atoms with Crippen LogP contribution in [0, 0.1) is 4.84 Å². The lowest BCUT2D eigenvalue weighted by Crippen LogP contribution is -1.79. The van der Waals surface area contributed by atoms with Gasteiger partial charge >= 0.3 is 4.84 Å². The first kappa shape index (κ1) is 8.65. The van der Waals surface area contributed by atoms with Crippen LogP contribution in [-0.2, 0) is 0 Å². The number of H-pyrrole nitrogens is 1. The molecule has 1 heterocycles. The van der Waals surface area contributed by atoms with E-state index in [1.165, 1.54) is 0 Å². The van der Waals surface area contributed by atoms with Crippen molar-refractivity contribution < 1.29 is 4.52 Å². The van der Waals surface area contributed by atoms with Gasteiger partial charge in [-0.1, -0.05) is 28.1 Å². The molecule has 2 rings (SSSR count). The highest BCUT2D eigenvalue weighted by Crippen LogP contribution is 2.19. The zero-order valence-corrected chi connectivity index (χ0v) is 8.85. The zero-order chi connectivity index (χ0) is 9.26. The molecule has 0 unspecified atom stereocenters. The number of halogens is 1. The first-order valence-electron chi connectivity index (χ1n) is 3.57. The zero-order valence-electron chi connectivity index (χ0n) is 6.45. The molecule has 0 amide bonds. The summed E-state index contributed by atoms with van der Waals surface area (Å²) in [6.45, 7) is 0. The van der Waals surface area contributed by atoms with Gasteiger partial charge in [0.15, 0.2) is 5.82 Å². The van der Waals surface area contributed by atoms with Crippen molar-refractivity contribution in [1.82, 2.24) is 10.1 Å². The van der Waals surface area contributed by atoms with Crippen LogP contribution in [0.3, 0.4) is 0 Å². The van der Waals surface area contributed by atoms with Gasteiger partial charge in [-0.25, -0.2) is 5.16 Å². The van der Waals surface area contributed by atoms with E-state index in [-0.39, 0.29) is 4.84 Å². The summed E-state index contributed by atoms with van der Waals surface area (Å²) in [5.41, 5.74) is 0.939. The molecule has 3 nitrogen and oxygen atoms in total. The number of aromatic amines is 1. The van der Waals surface area contributed by atoms with Crippen LogP contribution in [0.1, 0.15) is 0 Å². The first-order valence-corrected chi connectivity index (χ1v) is 4.77. The lowest BCUT2D eigenvalue weighted by Gasteiger charge is -1.94. The van der Waals surface area contributed by atoms with Crippen molar-refractivity contribution in [3.8, 4) is 11.4 Å². The van der Waals surface area contributed by atoms with E-state index in [0.717, 1.165) is 10.0 Å². The topological polar surface area (TPSA) is 41.8 Å². The SMILES string of the molecule is S=c1nc(-c2cccc(Br)c2)[nH]o1. The van der Waals surface area contributed by atoms with Gasteiger partial charge in [-0.2, -0.15) is 4.98 Å². The Balaban J connectivity index is 2.52. The summed E-state index contributed by atoms with van der Waals surface area (Å²) < 4.78 is 5.82. The van der Waals surface area contributed by atoms with Crippen LogP contribution in [0.5, 0.6) is 0 Å². The molecule has 0 saturated carbocycles. The minimum absolute atomic E-state index is 0.218. The van der Waals surface area contributed by atoms with Crippen molar-refractivity contribution in [2.45, 2.75) is 0 Å². The normalized spacial score (nSPS) is 10.2. The van der Waals surface area contributed by atoms with Gasteiger partial charge in [0.1, 0.15) is 0 Å². The molecular weight excluding hydrogens is 252 g/mol. The van der Waals surface area contributed by atoms with Gasteiger partial charge in [-0.05, 0) is 24.4 Å². The molecule has 0 fully saturated rings. The van der Waals surface area contributed by atoms with Crippen molar-refractivity contribution in [2.24, 2.45) is 0 Å². The Morgan fingerprint density at radius 3 is 2.92 bits per heavy atom. The summed E-state index contributed by atoms with van der Waals surface area (Å²) in [6, 6.07) is 7.72. The van der Waals surface area contributed by atoms with E-state index in [2.05, 4.69) is 26.1 Å². The lowest BCUT2D eigenvalue weighted by molar-refractivity contribution is 0.406. The minimum atomic E-state index is 0.218.